The van der Waals surface area contributed by atoms with Gasteiger partial charge < -0.3 is 46.4 Å². The monoisotopic (exact) mass is 1110 g/mol. The molecule has 4 amide bonds. The molecule has 2 aromatic heterocycles. The van der Waals surface area contributed by atoms with Gasteiger partial charge in [0.1, 0.15) is 38.3 Å². The van der Waals surface area contributed by atoms with E-state index >= 15 is 0 Å². The fourth-order valence-corrected chi connectivity index (χ4v) is 13.1. The van der Waals surface area contributed by atoms with Gasteiger partial charge in [0.15, 0.2) is 16.0 Å². The second-order valence-electron chi connectivity index (χ2n) is 18.1. The Labute approximate surface area is 448 Å². The smallest absolute Gasteiger partial charge is 0.407 e. The summed E-state index contributed by atoms with van der Waals surface area (Å²) in [5.74, 6) is -1.75. The number of carboxylic acid groups (broad SMARTS) is 1. The lowest BCUT2D eigenvalue weighted by Gasteiger charge is -2.49. The molecule has 386 valence electrons. The first-order valence-electron chi connectivity index (χ1n) is 22.7. The number of ether oxygens (including phenoxy) is 2. The van der Waals surface area contributed by atoms with Crippen molar-refractivity contribution in [1.29, 1.82) is 0 Å². The van der Waals surface area contributed by atoms with Crippen molar-refractivity contribution in [2.75, 3.05) is 42.2 Å². The van der Waals surface area contributed by atoms with E-state index in [1.54, 1.807) is 41.5 Å². The number of thioether (sulfide) groups is 3. The number of amides is 4. The van der Waals surface area contributed by atoms with Crippen molar-refractivity contribution in [3.63, 3.8) is 0 Å². The lowest BCUT2D eigenvalue weighted by Crippen LogP contribution is -2.71. The van der Waals surface area contributed by atoms with Crippen molar-refractivity contribution in [2.24, 2.45) is 5.16 Å². The highest BCUT2D eigenvalue weighted by molar-refractivity contribution is 8.07. The van der Waals surface area contributed by atoms with Crippen LogP contribution in [-0.4, -0.2) is 109 Å². The van der Waals surface area contributed by atoms with E-state index in [-0.39, 0.29) is 38.9 Å². The van der Waals surface area contributed by atoms with Crippen LogP contribution in [0.2, 0.25) is 4.34 Å². The number of carbonyl (C=O) groups excluding carboxylic acids is 4. The summed E-state index contributed by atoms with van der Waals surface area (Å²) in [4.78, 5) is 83.7. The molecule has 1 fully saturated rings. The Bertz CT molecular complexity index is 2760. The Kier molecular flexibility index (Phi) is 18.0. The normalized spacial score (nSPS) is 16.0. The molecule has 4 heterocycles. The summed E-state index contributed by atoms with van der Waals surface area (Å²) >= 11 is 12.9. The number of rotatable bonds is 20. The predicted molar refractivity (Wildman–Crippen MR) is 289 cm³/mol. The molecular formula is C49H54ClN9O9S5. The lowest BCUT2D eigenvalue weighted by atomic mass is 9.80. The molecule has 3 aromatic carbocycles. The molecule has 0 unspecified atom stereocenters. The molecule has 7 rings (SSSR count). The summed E-state index contributed by atoms with van der Waals surface area (Å²) < 4.78 is 11.4. The van der Waals surface area contributed by atoms with Crippen LogP contribution in [0, 0.1) is 0 Å². The minimum Gasteiger partial charge on any atom is -0.477 e. The standard InChI is InChI=1S/C49H54ClN9O9S5/c1-47(2,3)66-45(64)53-23-22-52-44-55-31(26-69-25-24-54-46(65)67-48(4,5)6)42(73-44)71-32-27-70-40-35(39(61)59(40)36(32)41(62)63)56-38(60)34(33-37(50)72-43(51)57-33)58-68-49(28-16-10-7-11-17-28,29-18-12-8-13-19-29)30-20-14-9-15-21-30/h7-21,35,40H,22-27H2,1-6H3,(H2,51,57)(H,52,55)(H,53,64)(H,54,65)(H,56,60)(H,62,63)/b58-34-/t35-,40-/m1/s1. The number of hydrogen-bond donors (Lipinski definition) is 6. The molecule has 24 heteroatoms. The van der Waals surface area contributed by atoms with Crippen molar-refractivity contribution < 1.29 is 43.4 Å². The third-order valence-electron chi connectivity index (χ3n) is 10.4. The van der Waals surface area contributed by atoms with Gasteiger partial charge in [-0.2, -0.15) is 11.8 Å². The van der Waals surface area contributed by atoms with E-state index in [4.69, 9.17) is 36.6 Å². The Morgan fingerprint density at radius 3 is 1.92 bits per heavy atom. The molecular weight excluding hydrogens is 1050 g/mol. The van der Waals surface area contributed by atoms with Gasteiger partial charge in [-0.15, -0.1) is 11.8 Å². The number of alkyl carbamates (subject to hydrolysis) is 2. The number of benzene rings is 3. The van der Waals surface area contributed by atoms with E-state index in [0.29, 0.717) is 61.2 Å². The van der Waals surface area contributed by atoms with Crippen LogP contribution >= 0.6 is 69.6 Å². The van der Waals surface area contributed by atoms with Gasteiger partial charge in [0.2, 0.25) is 5.60 Å². The van der Waals surface area contributed by atoms with Gasteiger partial charge in [0, 0.05) is 58.5 Å². The maximum atomic E-state index is 14.6. The van der Waals surface area contributed by atoms with Crippen LogP contribution in [-0.2, 0) is 40.0 Å². The van der Waals surface area contributed by atoms with Crippen molar-refractivity contribution in [3.8, 4) is 0 Å². The van der Waals surface area contributed by atoms with Crippen molar-refractivity contribution in [2.45, 2.75) is 79.7 Å². The third-order valence-corrected chi connectivity index (χ3v) is 16.3. The Balaban J connectivity index is 1.12. The molecule has 2 aliphatic rings. The molecule has 0 spiro atoms. The van der Waals surface area contributed by atoms with Gasteiger partial charge >= 0.3 is 18.2 Å². The number of β-lactam (4-membered cyclic amide) rings is 1. The number of fused-ring (bicyclic) bond motifs is 1. The minimum atomic E-state index is -1.40. The van der Waals surface area contributed by atoms with Crippen LogP contribution in [0.4, 0.5) is 19.9 Å². The van der Waals surface area contributed by atoms with E-state index in [2.05, 4.69) is 31.4 Å². The van der Waals surface area contributed by atoms with E-state index in [9.17, 15) is 29.1 Å². The third kappa shape index (κ3) is 13.8. The zero-order valence-corrected chi connectivity index (χ0v) is 45.4. The summed E-state index contributed by atoms with van der Waals surface area (Å²) in [6.07, 6.45) is -1.09. The van der Waals surface area contributed by atoms with E-state index in [1.165, 1.54) is 51.5 Å². The van der Waals surface area contributed by atoms with Crippen LogP contribution in [0.25, 0.3) is 0 Å². The highest BCUT2D eigenvalue weighted by Crippen LogP contribution is 2.48. The summed E-state index contributed by atoms with van der Waals surface area (Å²) in [5.41, 5.74) is 5.47. The number of thiazole rings is 2. The number of nitrogens with two attached hydrogens (primary N) is 1. The molecule has 73 heavy (non-hydrogen) atoms. The van der Waals surface area contributed by atoms with Crippen molar-refractivity contribution in [3.05, 3.63) is 134 Å². The molecule has 5 aromatic rings. The Hall–Kier alpha value is -5.98. The number of carboxylic acids is 1. The number of anilines is 2. The second kappa shape index (κ2) is 23.9. The number of halogens is 1. The zero-order chi connectivity index (χ0) is 52.5. The number of hydrogen-bond acceptors (Lipinski definition) is 18. The Morgan fingerprint density at radius 2 is 1.40 bits per heavy atom. The second-order valence-corrected chi connectivity index (χ2v) is 24.3. The molecule has 0 bridgehead atoms. The number of oxime groups is 1. The van der Waals surface area contributed by atoms with Gasteiger partial charge in [-0.05, 0) is 41.5 Å². The van der Waals surface area contributed by atoms with Crippen LogP contribution in [0.5, 0.6) is 0 Å². The fraction of sp³-hybridized carbons (Fsp3) is 0.347. The largest absolute Gasteiger partial charge is 0.477 e. The summed E-state index contributed by atoms with van der Waals surface area (Å²) in [7, 11) is 0. The first-order valence-corrected chi connectivity index (χ1v) is 27.8. The number of aliphatic carboxylic acids is 1. The number of carbonyl (C=O) groups is 5. The fourth-order valence-electron chi connectivity index (χ4n) is 7.38. The summed E-state index contributed by atoms with van der Waals surface area (Å²) in [6, 6.07) is 27.0. The first kappa shape index (κ1) is 54.8. The van der Waals surface area contributed by atoms with E-state index in [0.717, 1.165) is 11.3 Å². The van der Waals surface area contributed by atoms with Gasteiger partial charge in [-0.25, -0.2) is 24.4 Å². The van der Waals surface area contributed by atoms with E-state index in [1.807, 2.05) is 91.0 Å². The first-order chi connectivity index (χ1) is 34.7. The van der Waals surface area contributed by atoms with Crippen LogP contribution < -0.4 is 27.0 Å². The SMILES string of the molecule is CC(C)(C)OC(=O)NCCNc1nc(CSCCNC(=O)OC(C)(C)C)c(SC2=C(C(=O)O)N3C(=O)[C@@H](NC(=O)/C(=N\OC(c4ccccc4)(c4ccccc4)c4ccccc4)c4nc(N)sc4Cl)[C@H]3SC2)s1. The van der Waals surface area contributed by atoms with E-state index < -0.39 is 58.2 Å². The van der Waals surface area contributed by atoms with Gasteiger partial charge in [0.05, 0.1) is 9.90 Å². The maximum Gasteiger partial charge on any atom is 0.407 e. The molecule has 7 N–H and O–H groups in total. The molecule has 18 nitrogen and oxygen atoms in total. The highest BCUT2D eigenvalue weighted by Gasteiger charge is 2.55. The maximum absolute atomic E-state index is 14.6. The molecule has 1 saturated heterocycles. The topological polar surface area (TPSA) is 249 Å². The molecule has 2 atom stereocenters. The van der Waals surface area contributed by atoms with Crippen LogP contribution in [0.1, 0.15) is 69.6 Å². The number of nitrogen functional groups attached to an aromatic ring is 1. The zero-order valence-electron chi connectivity index (χ0n) is 40.6. The number of nitrogens with zero attached hydrogens (tertiary/aromatic N) is 4. The van der Waals surface area contributed by atoms with Gasteiger partial charge in [0.25, 0.3) is 11.8 Å². The van der Waals surface area contributed by atoms with Crippen molar-refractivity contribution >= 4 is 116 Å². The van der Waals surface area contributed by atoms with Crippen LogP contribution in [0.15, 0.2) is 111 Å². The molecule has 2 aliphatic heterocycles. The average molecular weight is 1110 g/mol. The average Bonchev–Trinajstić information content (AvgIpc) is 3.89. The Morgan fingerprint density at radius 1 is 0.836 bits per heavy atom. The predicted octanol–water partition coefficient (Wildman–Crippen LogP) is 8.73. The quantitative estimate of drug-likeness (QED) is 0.0140. The summed E-state index contributed by atoms with van der Waals surface area (Å²) in [6.45, 7) is 11.5. The minimum absolute atomic E-state index is 0.0558. The molecule has 0 aliphatic carbocycles. The lowest BCUT2D eigenvalue weighted by molar-refractivity contribution is -0.150. The van der Waals surface area contributed by atoms with Gasteiger partial charge in [-0.1, -0.05) is 142 Å². The molecule has 0 radical (unpaired) electrons. The number of nitrogens with one attached hydrogen (secondary N) is 4. The van der Waals surface area contributed by atoms with Crippen molar-refractivity contribution in [1.82, 2.24) is 30.8 Å². The summed E-state index contributed by atoms with van der Waals surface area (Å²) in [5, 5.41) is 26.5. The number of aromatic nitrogens is 2. The van der Waals surface area contributed by atoms with Crippen LogP contribution in [0.3, 0.4) is 0 Å². The van der Waals surface area contributed by atoms with Gasteiger partial charge in [-0.3, -0.25) is 14.5 Å². The highest BCUT2D eigenvalue weighted by atomic mass is 35.5. The molecule has 0 saturated carbocycles.